The zero-order valence-corrected chi connectivity index (χ0v) is 26.0. The number of Topliss-reactive ketones (excluding diaryl/α,β-unsaturated/α-hetero) is 1. The highest BCUT2D eigenvalue weighted by atomic mass is 79.9. The van der Waals surface area contributed by atoms with Crippen LogP contribution in [-0.4, -0.2) is 30.5 Å². The Bertz CT molecular complexity index is 1580. The van der Waals surface area contributed by atoms with Gasteiger partial charge in [-0.15, -0.1) is 0 Å². The second kappa shape index (κ2) is 13.0. The SMILES string of the molecule is CC(=O)[C@H](CC(C)C)NC(=O)C1=CCC(c2cccc(Br)c2)N(S(=O)(=O)c2ccc(F)cc2)[C@H]1c1cccc(Cl)c1. The molecule has 0 fully saturated rings. The van der Waals surface area contributed by atoms with Gasteiger partial charge in [-0.1, -0.05) is 71.7 Å². The number of nitrogens with zero attached hydrogens (tertiary/aromatic N) is 1. The van der Waals surface area contributed by atoms with Crippen molar-refractivity contribution >= 4 is 49.2 Å². The van der Waals surface area contributed by atoms with Gasteiger partial charge < -0.3 is 5.32 Å². The van der Waals surface area contributed by atoms with Crippen molar-refractivity contribution in [3.8, 4) is 0 Å². The first kappa shape index (κ1) is 31.1. The predicted octanol–water partition coefficient (Wildman–Crippen LogP) is 7.16. The normalized spacial score (nSPS) is 18.6. The van der Waals surface area contributed by atoms with Gasteiger partial charge in [0.25, 0.3) is 0 Å². The number of hydrogen-bond acceptors (Lipinski definition) is 4. The molecule has 0 aromatic heterocycles. The Balaban J connectivity index is 1.93. The summed E-state index contributed by atoms with van der Waals surface area (Å²) < 4.78 is 44.7. The summed E-state index contributed by atoms with van der Waals surface area (Å²) in [5.41, 5.74) is 1.36. The van der Waals surface area contributed by atoms with Crippen molar-refractivity contribution in [2.45, 2.75) is 56.6 Å². The van der Waals surface area contributed by atoms with Crippen LogP contribution in [0.25, 0.3) is 0 Å². The second-order valence-electron chi connectivity index (χ2n) is 10.5. The molecule has 10 heteroatoms. The molecule has 0 saturated carbocycles. The van der Waals surface area contributed by atoms with Crippen LogP contribution in [0.1, 0.15) is 56.8 Å². The fourth-order valence-corrected chi connectivity index (χ4v) is 7.46. The van der Waals surface area contributed by atoms with Crippen molar-refractivity contribution in [1.29, 1.82) is 0 Å². The van der Waals surface area contributed by atoms with Gasteiger partial charge >= 0.3 is 0 Å². The van der Waals surface area contributed by atoms with Gasteiger partial charge in [-0.2, -0.15) is 4.31 Å². The summed E-state index contributed by atoms with van der Waals surface area (Å²) in [6.45, 7) is 5.33. The predicted molar refractivity (Wildman–Crippen MR) is 161 cm³/mol. The van der Waals surface area contributed by atoms with Crippen LogP contribution in [-0.2, 0) is 19.6 Å². The molecule has 0 spiro atoms. The Morgan fingerprint density at radius 3 is 2.32 bits per heavy atom. The van der Waals surface area contributed by atoms with Crippen LogP contribution in [0.3, 0.4) is 0 Å². The number of hydrogen-bond donors (Lipinski definition) is 1. The molecule has 4 rings (SSSR count). The van der Waals surface area contributed by atoms with E-state index in [2.05, 4.69) is 21.2 Å². The maximum atomic E-state index is 14.4. The Kier molecular flexibility index (Phi) is 9.85. The Morgan fingerprint density at radius 2 is 1.71 bits per heavy atom. The molecule has 0 aliphatic carbocycles. The molecule has 216 valence electrons. The topological polar surface area (TPSA) is 83.6 Å². The van der Waals surface area contributed by atoms with Crippen LogP contribution >= 0.6 is 27.5 Å². The van der Waals surface area contributed by atoms with E-state index in [1.54, 1.807) is 30.3 Å². The number of halogens is 3. The fourth-order valence-electron chi connectivity index (χ4n) is 5.06. The molecule has 1 heterocycles. The summed E-state index contributed by atoms with van der Waals surface area (Å²) in [5.74, 6) is -1.16. The maximum absolute atomic E-state index is 14.4. The molecular weight excluding hydrogens is 631 g/mol. The summed E-state index contributed by atoms with van der Waals surface area (Å²) in [6.07, 6.45) is 2.36. The molecule has 41 heavy (non-hydrogen) atoms. The van der Waals surface area contributed by atoms with Crippen LogP contribution < -0.4 is 5.32 Å². The number of nitrogens with one attached hydrogen (secondary N) is 1. The lowest BCUT2D eigenvalue weighted by molar-refractivity contribution is -0.125. The first-order valence-corrected chi connectivity index (χ1v) is 15.8. The van der Waals surface area contributed by atoms with Crippen LogP contribution in [0.4, 0.5) is 4.39 Å². The number of benzene rings is 3. The molecule has 0 bridgehead atoms. The highest BCUT2D eigenvalue weighted by Gasteiger charge is 2.45. The van der Waals surface area contributed by atoms with E-state index in [4.69, 9.17) is 11.6 Å². The van der Waals surface area contributed by atoms with E-state index in [0.29, 0.717) is 22.6 Å². The molecule has 3 atom stereocenters. The Labute approximate surface area is 253 Å². The number of carbonyl (C=O) groups is 2. The number of sulfonamides is 1. The van der Waals surface area contributed by atoms with Crippen molar-refractivity contribution in [3.63, 3.8) is 0 Å². The van der Waals surface area contributed by atoms with E-state index in [0.717, 1.165) is 16.6 Å². The second-order valence-corrected chi connectivity index (χ2v) is 13.7. The lowest BCUT2D eigenvalue weighted by atomic mass is 9.88. The quantitative estimate of drug-likeness (QED) is 0.264. The van der Waals surface area contributed by atoms with Gasteiger partial charge in [0.2, 0.25) is 15.9 Å². The van der Waals surface area contributed by atoms with E-state index in [9.17, 15) is 22.4 Å². The van der Waals surface area contributed by atoms with Gasteiger partial charge in [-0.05, 0) is 85.3 Å². The lowest BCUT2D eigenvalue weighted by Crippen LogP contribution is -2.47. The fraction of sp³-hybridized carbons (Fsp3) is 0.290. The minimum Gasteiger partial charge on any atom is -0.342 e. The summed E-state index contributed by atoms with van der Waals surface area (Å²) in [5, 5.41) is 3.21. The van der Waals surface area contributed by atoms with Crippen molar-refractivity contribution in [2.75, 3.05) is 0 Å². The minimum atomic E-state index is -4.31. The van der Waals surface area contributed by atoms with Gasteiger partial charge in [0.1, 0.15) is 5.82 Å². The Hall–Kier alpha value is -2.85. The molecule has 0 saturated heterocycles. The zero-order chi connectivity index (χ0) is 29.9. The summed E-state index contributed by atoms with van der Waals surface area (Å²) in [6, 6.07) is 16.1. The first-order valence-electron chi connectivity index (χ1n) is 13.2. The molecule has 0 radical (unpaired) electrons. The van der Waals surface area contributed by atoms with Crippen LogP contribution in [0.15, 0.2) is 93.8 Å². The number of carbonyl (C=O) groups excluding carboxylic acids is 2. The van der Waals surface area contributed by atoms with Crippen molar-refractivity contribution in [3.05, 3.63) is 111 Å². The molecule has 1 aliphatic heterocycles. The molecule has 1 N–H and O–H groups in total. The molecule has 6 nitrogen and oxygen atoms in total. The molecule has 1 aliphatic rings. The van der Waals surface area contributed by atoms with Crippen molar-refractivity contribution in [1.82, 2.24) is 9.62 Å². The van der Waals surface area contributed by atoms with E-state index in [1.807, 2.05) is 38.1 Å². The third kappa shape index (κ3) is 7.15. The van der Waals surface area contributed by atoms with Gasteiger partial charge in [0.05, 0.1) is 23.0 Å². The Morgan fingerprint density at radius 1 is 1.05 bits per heavy atom. The minimum absolute atomic E-state index is 0.117. The zero-order valence-electron chi connectivity index (χ0n) is 22.9. The van der Waals surface area contributed by atoms with Crippen LogP contribution in [0.2, 0.25) is 5.02 Å². The third-order valence-corrected chi connectivity index (χ3v) is 9.59. The summed E-state index contributed by atoms with van der Waals surface area (Å²) in [7, 11) is -4.31. The molecule has 1 unspecified atom stereocenters. The number of amides is 1. The summed E-state index contributed by atoms with van der Waals surface area (Å²) in [4.78, 5) is 26.2. The van der Waals surface area contributed by atoms with E-state index in [1.165, 1.54) is 23.4 Å². The standard InChI is InChI=1S/C31H31BrClFN2O4S/c1-19(2)16-28(20(3)37)35-31(38)27-14-15-29(21-6-4-8-23(32)17-21)36(30(27)22-7-5-9-24(33)18-22)41(39,40)26-12-10-25(34)11-13-26/h4-14,17-19,28-30H,15-16H2,1-3H3,(H,35,38)/t28-,29?,30-/m0/s1. The molecule has 3 aromatic carbocycles. The number of rotatable bonds is 9. The lowest BCUT2D eigenvalue weighted by Gasteiger charge is -2.41. The monoisotopic (exact) mass is 660 g/mol. The molecule has 1 amide bonds. The molecular formula is C31H31BrClFN2O4S. The number of ketones is 1. The van der Waals surface area contributed by atoms with Gasteiger partial charge in [0.15, 0.2) is 5.78 Å². The summed E-state index contributed by atoms with van der Waals surface area (Å²) >= 11 is 9.84. The average Bonchev–Trinajstić information content (AvgIpc) is 2.91. The van der Waals surface area contributed by atoms with E-state index < -0.39 is 39.9 Å². The van der Waals surface area contributed by atoms with Gasteiger partial charge in [-0.25, -0.2) is 12.8 Å². The highest BCUT2D eigenvalue weighted by Crippen LogP contribution is 2.46. The average molecular weight is 662 g/mol. The van der Waals surface area contributed by atoms with E-state index in [-0.39, 0.29) is 28.6 Å². The maximum Gasteiger partial charge on any atom is 0.249 e. The van der Waals surface area contributed by atoms with Gasteiger partial charge in [0, 0.05) is 15.1 Å². The highest BCUT2D eigenvalue weighted by molar-refractivity contribution is 9.10. The van der Waals surface area contributed by atoms with Gasteiger partial charge in [-0.3, -0.25) is 9.59 Å². The largest absolute Gasteiger partial charge is 0.342 e. The van der Waals surface area contributed by atoms with Crippen LogP contribution in [0, 0.1) is 11.7 Å². The first-order chi connectivity index (χ1) is 19.4. The van der Waals surface area contributed by atoms with Crippen LogP contribution in [0.5, 0.6) is 0 Å². The smallest absolute Gasteiger partial charge is 0.249 e. The molecule has 3 aromatic rings. The van der Waals surface area contributed by atoms with E-state index >= 15 is 0 Å². The van der Waals surface area contributed by atoms with Crippen molar-refractivity contribution < 1.29 is 22.4 Å². The third-order valence-electron chi connectivity index (χ3n) is 6.97. The van der Waals surface area contributed by atoms with Crippen molar-refractivity contribution in [2.24, 2.45) is 5.92 Å².